The Hall–Kier alpha value is -4.82. The molecular formula is C32H29ClN4O4. The van der Waals surface area contributed by atoms with Crippen molar-refractivity contribution in [2.24, 2.45) is 5.10 Å². The van der Waals surface area contributed by atoms with Crippen LogP contribution in [0.2, 0.25) is 5.02 Å². The Labute approximate surface area is 242 Å². The zero-order valence-corrected chi connectivity index (χ0v) is 23.2. The molecule has 208 valence electrons. The van der Waals surface area contributed by atoms with Crippen molar-refractivity contribution < 1.29 is 19.1 Å². The van der Waals surface area contributed by atoms with E-state index in [2.05, 4.69) is 20.8 Å². The molecule has 1 heterocycles. The summed E-state index contributed by atoms with van der Waals surface area (Å²) in [7, 11) is 0. The summed E-state index contributed by atoms with van der Waals surface area (Å²) in [5.74, 6) is 0.125. The zero-order valence-electron chi connectivity index (χ0n) is 22.4. The number of rotatable bonds is 10. The van der Waals surface area contributed by atoms with Crippen LogP contribution in [-0.4, -0.2) is 35.8 Å². The number of aromatic amines is 1. The molecule has 0 unspecified atom stereocenters. The van der Waals surface area contributed by atoms with Gasteiger partial charge < -0.3 is 19.8 Å². The molecule has 41 heavy (non-hydrogen) atoms. The van der Waals surface area contributed by atoms with Gasteiger partial charge in [0.1, 0.15) is 18.4 Å². The Morgan fingerprint density at radius 1 is 0.976 bits per heavy atom. The van der Waals surface area contributed by atoms with Crippen LogP contribution in [0.5, 0.6) is 5.75 Å². The van der Waals surface area contributed by atoms with E-state index < -0.39 is 18.0 Å². The number of benzene rings is 4. The highest BCUT2D eigenvalue weighted by Crippen LogP contribution is 2.27. The van der Waals surface area contributed by atoms with E-state index in [1.54, 1.807) is 13.1 Å². The Morgan fingerprint density at radius 2 is 1.73 bits per heavy atom. The number of amides is 2. The molecule has 9 heteroatoms. The standard InChI is InChI=1S/C32H29ClN4O4/c1-2-40-32(39)36-29(17-23-18-34-28-10-6-5-9-26(23)28)31(38)37-35-19-27-25-8-4-3-7-22(25)13-16-30(27)41-20-21-11-14-24(33)15-12-21/h3-16,18-19,29,34H,2,17,20H2,1H3,(H,36,39)(H,37,38)/b35-19-/t29-/m1/s1. The summed E-state index contributed by atoms with van der Waals surface area (Å²) >= 11 is 6.01. The molecule has 2 amide bonds. The second-order valence-electron chi connectivity index (χ2n) is 9.33. The number of aromatic nitrogens is 1. The molecule has 1 atom stereocenters. The van der Waals surface area contributed by atoms with Crippen LogP contribution in [0.3, 0.4) is 0 Å². The van der Waals surface area contributed by atoms with Crippen LogP contribution in [-0.2, 0) is 22.6 Å². The lowest BCUT2D eigenvalue weighted by Gasteiger charge is -2.16. The topological polar surface area (TPSA) is 105 Å². The summed E-state index contributed by atoms with van der Waals surface area (Å²) < 4.78 is 11.2. The number of hydrazone groups is 1. The van der Waals surface area contributed by atoms with Crippen LogP contribution >= 0.6 is 11.6 Å². The molecule has 5 aromatic rings. The number of ether oxygens (including phenoxy) is 2. The van der Waals surface area contributed by atoms with Crippen molar-refractivity contribution in [2.75, 3.05) is 6.61 Å². The predicted molar refractivity (Wildman–Crippen MR) is 161 cm³/mol. The van der Waals surface area contributed by atoms with E-state index in [4.69, 9.17) is 21.1 Å². The summed E-state index contributed by atoms with van der Waals surface area (Å²) in [4.78, 5) is 28.7. The first-order valence-electron chi connectivity index (χ1n) is 13.2. The molecule has 4 aromatic carbocycles. The van der Waals surface area contributed by atoms with Crippen LogP contribution in [0.1, 0.15) is 23.6 Å². The Morgan fingerprint density at radius 3 is 2.54 bits per heavy atom. The molecule has 5 rings (SSSR count). The average Bonchev–Trinajstić information content (AvgIpc) is 3.39. The van der Waals surface area contributed by atoms with Gasteiger partial charge in [-0.3, -0.25) is 4.79 Å². The first-order chi connectivity index (χ1) is 20.0. The van der Waals surface area contributed by atoms with Crippen LogP contribution < -0.4 is 15.5 Å². The quantitative estimate of drug-likeness (QED) is 0.135. The van der Waals surface area contributed by atoms with Gasteiger partial charge in [-0.25, -0.2) is 10.2 Å². The van der Waals surface area contributed by atoms with Gasteiger partial charge >= 0.3 is 6.09 Å². The summed E-state index contributed by atoms with van der Waals surface area (Å²) in [6.45, 7) is 2.22. The van der Waals surface area contributed by atoms with Gasteiger partial charge in [-0.15, -0.1) is 0 Å². The number of fused-ring (bicyclic) bond motifs is 2. The second-order valence-corrected chi connectivity index (χ2v) is 9.77. The molecule has 0 radical (unpaired) electrons. The number of halogens is 1. The first-order valence-corrected chi connectivity index (χ1v) is 13.6. The SMILES string of the molecule is CCOC(=O)N[C@H](Cc1c[nH]c2ccccc12)C(=O)N/N=C\c1c(OCc2ccc(Cl)cc2)ccc2ccccc12. The number of H-pyrrole nitrogens is 1. The van der Waals surface area contributed by atoms with E-state index in [1.807, 2.05) is 91.1 Å². The summed E-state index contributed by atoms with van der Waals surface area (Å²) in [5, 5.41) is 10.5. The number of hydrogen-bond donors (Lipinski definition) is 3. The third kappa shape index (κ3) is 6.85. The highest BCUT2D eigenvalue weighted by Gasteiger charge is 2.23. The van der Waals surface area contributed by atoms with Gasteiger partial charge in [0.05, 0.1) is 12.8 Å². The van der Waals surface area contributed by atoms with E-state index in [0.29, 0.717) is 22.9 Å². The first kappa shape index (κ1) is 27.7. The molecule has 0 spiro atoms. The molecule has 0 aliphatic rings. The van der Waals surface area contributed by atoms with Gasteiger partial charge in [0.25, 0.3) is 5.91 Å². The summed E-state index contributed by atoms with van der Waals surface area (Å²) in [5.41, 5.74) is 6.09. The lowest BCUT2D eigenvalue weighted by atomic mass is 10.0. The van der Waals surface area contributed by atoms with Crippen molar-refractivity contribution in [1.82, 2.24) is 15.7 Å². The van der Waals surface area contributed by atoms with Crippen LogP contribution in [0, 0.1) is 0 Å². The maximum atomic E-state index is 13.3. The van der Waals surface area contributed by atoms with E-state index in [0.717, 1.165) is 32.8 Å². The number of carbonyl (C=O) groups excluding carboxylic acids is 2. The molecular weight excluding hydrogens is 540 g/mol. The number of nitrogens with zero attached hydrogens (tertiary/aromatic N) is 1. The van der Waals surface area contributed by atoms with Gasteiger partial charge in [0.2, 0.25) is 0 Å². The van der Waals surface area contributed by atoms with Gasteiger partial charge in [-0.1, -0.05) is 72.3 Å². The largest absolute Gasteiger partial charge is 0.488 e. The maximum absolute atomic E-state index is 13.3. The summed E-state index contributed by atoms with van der Waals surface area (Å²) in [6, 6.07) is 26.0. The molecule has 0 aliphatic heterocycles. The Bertz CT molecular complexity index is 1700. The molecule has 0 bridgehead atoms. The molecule has 0 fully saturated rings. The van der Waals surface area contributed by atoms with Gasteiger partial charge in [0, 0.05) is 34.1 Å². The minimum Gasteiger partial charge on any atom is -0.488 e. The monoisotopic (exact) mass is 568 g/mol. The van der Waals surface area contributed by atoms with Gasteiger partial charge in [-0.2, -0.15) is 5.10 Å². The van der Waals surface area contributed by atoms with E-state index in [9.17, 15) is 9.59 Å². The number of hydrogen-bond acceptors (Lipinski definition) is 5. The van der Waals surface area contributed by atoms with Crippen molar-refractivity contribution >= 4 is 51.5 Å². The fraction of sp³-hybridized carbons (Fsp3) is 0.156. The fourth-order valence-corrected chi connectivity index (χ4v) is 4.69. The van der Waals surface area contributed by atoms with E-state index in [-0.39, 0.29) is 13.0 Å². The number of nitrogens with one attached hydrogen (secondary N) is 3. The number of carbonyl (C=O) groups is 2. The van der Waals surface area contributed by atoms with Crippen molar-refractivity contribution in [1.29, 1.82) is 0 Å². The lowest BCUT2D eigenvalue weighted by Crippen LogP contribution is -2.47. The highest BCUT2D eigenvalue weighted by atomic mass is 35.5. The zero-order chi connectivity index (χ0) is 28.6. The van der Waals surface area contributed by atoms with Gasteiger partial charge in [0.15, 0.2) is 0 Å². The molecule has 0 aliphatic carbocycles. The van der Waals surface area contributed by atoms with E-state index >= 15 is 0 Å². The predicted octanol–water partition coefficient (Wildman–Crippen LogP) is 6.36. The minimum absolute atomic E-state index is 0.186. The highest BCUT2D eigenvalue weighted by molar-refractivity contribution is 6.30. The maximum Gasteiger partial charge on any atom is 0.407 e. The Kier molecular flexibility index (Phi) is 8.81. The summed E-state index contributed by atoms with van der Waals surface area (Å²) in [6.07, 6.45) is 2.96. The van der Waals surface area contributed by atoms with Gasteiger partial charge in [-0.05, 0) is 53.1 Å². The number of alkyl carbamates (subject to hydrolysis) is 1. The van der Waals surface area contributed by atoms with Crippen LogP contribution in [0.15, 0.2) is 96.2 Å². The molecule has 0 saturated heterocycles. The van der Waals surface area contributed by atoms with Crippen molar-refractivity contribution in [3.63, 3.8) is 0 Å². The van der Waals surface area contributed by atoms with E-state index in [1.165, 1.54) is 0 Å². The third-order valence-corrected chi connectivity index (χ3v) is 6.84. The van der Waals surface area contributed by atoms with Crippen LogP contribution in [0.4, 0.5) is 4.79 Å². The normalized spacial score (nSPS) is 12.0. The number of para-hydroxylation sites is 1. The minimum atomic E-state index is -0.918. The molecule has 3 N–H and O–H groups in total. The third-order valence-electron chi connectivity index (χ3n) is 6.59. The Balaban J connectivity index is 1.36. The molecule has 0 saturated carbocycles. The smallest absolute Gasteiger partial charge is 0.407 e. The second kappa shape index (κ2) is 13.0. The fourth-order valence-electron chi connectivity index (χ4n) is 4.56. The average molecular weight is 569 g/mol. The molecule has 8 nitrogen and oxygen atoms in total. The van der Waals surface area contributed by atoms with Crippen molar-refractivity contribution in [3.8, 4) is 5.75 Å². The van der Waals surface area contributed by atoms with Crippen LogP contribution in [0.25, 0.3) is 21.7 Å². The lowest BCUT2D eigenvalue weighted by molar-refractivity contribution is -0.123. The molecule has 1 aromatic heterocycles. The van der Waals surface area contributed by atoms with Crippen molar-refractivity contribution in [3.05, 3.63) is 113 Å². The van der Waals surface area contributed by atoms with Crippen molar-refractivity contribution in [2.45, 2.75) is 26.0 Å².